The summed E-state index contributed by atoms with van der Waals surface area (Å²) in [6.45, 7) is 3.70. The van der Waals surface area contributed by atoms with Crippen LogP contribution >= 0.6 is 0 Å². The normalized spacial score (nSPS) is 21.4. The van der Waals surface area contributed by atoms with E-state index in [0.29, 0.717) is 19.8 Å². The Morgan fingerprint density at radius 1 is 1.23 bits per heavy atom. The number of ether oxygens (including phenoxy) is 1. The van der Waals surface area contributed by atoms with E-state index < -0.39 is 0 Å². The highest BCUT2D eigenvalue weighted by Gasteiger charge is 2.20. The standard InChI is InChI=1S/C17H26N2O3/c1-2-22-12-14-6-4-3-5-13(14)11-18-17(21)19-15-7-9-16(20)10-8-15/h3-6,15-16,20H,2,7-12H2,1H3,(H2,18,19,21). The van der Waals surface area contributed by atoms with Crippen LogP contribution in [0.3, 0.4) is 0 Å². The van der Waals surface area contributed by atoms with E-state index in [1.54, 1.807) is 0 Å². The maximum absolute atomic E-state index is 12.0. The number of aliphatic hydroxyl groups is 1. The van der Waals surface area contributed by atoms with Crippen molar-refractivity contribution in [1.29, 1.82) is 0 Å². The van der Waals surface area contributed by atoms with Crippen molar-refractivity contribution in [2.75, 3.05) is 6.61 Å². The lowest BCUT2D eigenvalue weighted by Crippen LogP contribution is -2.44. The molecule has 1 saturated carbocycles. The third kappa shape index (κ3) is 5.31. The van der Waals surface area contributed by atoms with Crippen LogP contribution < -0.4 is 10.6 Å². The number of hydrogen-bond donors (Lipinski definition) is 3. The Bertz CT molecular complexity index is 471. The molecule has 1 fully saturated rings. The fourth-order valence-electron chi connectivity index (χ4n) is 2.71. The lowest BCUT2D eigenvalue weighted by atomic mass is 9.93. The van der Waals surface area contributed by atoms with Gasteiger partial charge in [0.1, 0.15) is 0 Å². The van der Waals surface area contributed by atoms with Gasteiger partial charge >= 0.3 is 6.03 Å². The molecule has 1 aliphatic rings. The van der Waals surface area contributed by atoms with Crippen molar-refractivity contribution in [2.45, 2.75) is 57.9 Å². The van der Waals surface area contributed by atoms with Crippen LogP contribution in [-0.2, 0) is 17.9 Å². The average molecular weight is 306 g/mol. The molecule has 0 spiro atoms. The van der Waals surface area contributed by atoms with Crippen LogP contribution in [0.4, 0.5) is 4.79 Å². The fourth-order valence-corrected chi connectivity index (χ4v) is 2.71. The molecule has 3 N–H and O–H groups in total. The highest BCUT2D eigenvalue weighted by atomic mass is 16.5. The van der Waals surface area contributed by atoms with E-state index in [1.807, 2.05) is 31.2 Å². The Hall–Kier alpha value is -1.59. The van der Waals surface area contributed by atoms with Gasteiger partial charge < -0.3 is 20.5 Å². The molecule has 0 aliphatic heterocycles. The number of hydrogen-bond acceptors (Lipinski definition) is 3. The predicted molar refractivity (Wildman–Crippen MR) is 85.4 cm³/mol. The highest BCUT2D eigenvalue weighted by molar-refractivity contribution is 5.74. The van der Waals surface area contributed by atoms with E-state index in [-0.39, 0.29) is 18.2 Å². The summed E-state index contributed by atoms with van der Waals surface area (Å²) >= 11 is 0. The average Bonchev–Trinajstić information content (AvgIpc) is 2.54. The van der Waals surface area contributed by atoms with E-state index in [4.69, 9.17) is 4.74 Å². The second kappa shape index (κ2) is 8.76. The Balaban J connectivity index is 1.78. The Morgan fingerprint density at radius 2 is 1.91 bits per heavy atom. The summed E-state index contributed by atoms with van der Waals surface area (Å²) in [5.41, 5.74) is 2.18. The number of carbonyl (C=O) groups excluding carboxylic acids is 1. The van der Waals surface area contributed by atoms with Gasteiger partial charge in [0.2, 0.25) is 0 Å². The summed E-state index contributed by atoms with van der Waals surface area (Å²) in [7, 11) is 0. The molecule has 122 valence electrons. The molecule has 2 rings (SSSR count). The molecule has 1 aliphatic carbocycles. The smallest absolute Gasteiger partial charge is 0.315 e. The third-order valence-electron chi connectivity index (χ3n) is 4.05. The van der Waals surface area contributed by atoms with Crippen LogP contribution in [0.5, 0.6) is 0 Å². The second-order valence-corrected chi connectivity index (χ2v) is 5.74. The van der Waals surface area contributed by atoms with Crippen LogP contribution in [0.15, 0.2) is 24.3 Å². The van der Waals surface area contributed by atoms with Crippen LogP contribution in [0, 0.1) is 0 Å². The molecule has 0 saturated heterocycles. The number of urea groups is 1. The van der Waals surface area contributed by atoms with Crippen LogP contribution in [-0.4, -0.2) is 29.9 Å². The van der Waals surface area contributed by atoms with Crippen LogP contribution in [0.1, 0.15) is 43.7 Å². The zero-order chi connectivity index (χ0) is 15.8. The van der Waals surface area contributed by atoms with E-state index in [2.05, 4.69) is 10.6 Å². The lowest BCUT2D eigenvalue weighted by molar-refractivity contribution is 0.117. The number of benzene rings is 1. The summed E-state index contributed by atoms with van der Waals surface area (Å²) in [5.74, 6) is 0. The lowest BCUT2D eigenvalue weighted by Gasteiger charge is -2.26. The Labute approximate surface area is 132 Å². The van der Waals surface area contributed by atoms with E-state index >= 15 is 0 Å². The van der Waals surface area contributed by atoms with Crippen molar-refractivity contribution in [3.63, 3.8) is 0 Å². The van der Waals surface area contributed by atoms with Gasteiger partial charge in [-0.05, 0) is 43.7 Å². The zero-order valence-electron chi connectivity index (χ0n) is 13.2. The van der Waals surface area contributed by atoms with Gasteiger partial charge in [-0.25, -0.2) is 4.79 Å². The zero-order valence-corrected chi connectivity index (χ0v) is 13.2. The van der Waals surface area contributed by atoms with E-state index in [0.717, 1.165) is 36.8 Å². The number of aliphatic hydroxyl groups excluding tert-OH is 1. The molecule has 0 unspecified atom stereocenters. The second-order valence-electron chi connectivity index (χ2n) is 5.74. The van der Waals surface area contributed by atoms with Gasteiger partial charge in [-0.2, -0.15) is 0 Å². The summed E-state index contributed by atoms with van der Waals surface area (Å²) < 4.78 is 5.45. The van der Waals surface area contributed by atoms with Gasteiger partial charge in [-0.15, -0.1) is 0 Å². The summed E-state index contributed by atoms with van der Waals surface area (Å²) in [6.07, 6.45) is 3.02. The fraction of sp³-hybridized carbons (Fsp3) is 0.588. The SMILES string of the molecule is CCOCc1ccccc1CNC(=O)NC1CCC(O)CC1. The van der Waals surface area contributed by atoms with Crippen molar-refractivity contribution in [3.05, 3.63) is 35.4 Å². The molecule has 2 amide bonds. The monoisotopic (exact) mass is 306 g/mol. The minimum Gasteiger partial charge on any atom is -0.393 e. The quantitative estimate of drug-likeness (QED) is 0.755. The molecule has 5 nitrogen and oxygen atoms in total. The minimum atomic E-state index is -0.202. The van der Waals surface area contributed by atoms with Gasteiger partial charge in [0.25, 0.3) is 0 Å². The predicted octanol–water partition coefficient (Wildman–Crippen LogP) is 2.33. The van der Waals surface area contributed by atoms with Crippen molar-refractivity contribution in [1.82, 2.24) is 10.6 Å². The Kier molecular flexibility index (Phi) is 6.68. The van der Waals surface area contributed by atoms with Crippen molar-refractivity contribution in [2.24, 2.45) is 0 Å². The molecule has 5 heteroatoms. The summed E-state index contributed by atoms with van der Waals surface area (Å²) in [5, 5.41) is 15.4. The largest absolute Gasteiger partial charge is 0.393 e. The first-order valence-electron chi connectivity index (χ1n) is 8.06. The van der Waals surface area contributed by atoms with Gasteiger partial charge in [0.05, 0.1) is 12.7 Å². The maximum Gasteiger partial charge on any atom is 0.315 e. The Morgan fingerprint density at radius 3 is 2.59 bits per heavy atom. The van der Waals surface area contributed by atoms with Crippen molar-refractivity contribution >= 4 is 6.03 Å². The van der Waals surface area contributed by atoms with Crippen LogP contribution in [0.2, 0.25) is 0 Å². The minimum absolute atomic E-state index is 0.146. The molecule has 0 atom stereocenters. The molecular weight excluding hydrogens is 280 g/mol. The molecule has 0 heterocycles. The molecule has 0 radical (unpaired) electrons. The number of carbonyl (C=O) groups is 1. The van der Waals surface area contributed by atoms with Gasteiger partial charge in [-0.3, -0.25) is 0 Å². The molecule has 22 heavy (non-hydrogen) atoms. The topological polar surface area (TPSA) is 70.6 Å². The summed E-state index contributed by atoms with van der Waals surface area (Å²) in [6, 6.07) is 7.99. The highest BCUT2D eigenvalue weighted by Crippen LogP contribution is 2.18. The molecular formula is C17H26N2O3. The molecule has 1 aromatic rings. The van der Waals surface area contributed by atoms with Crippen molar-refractivity contribution in [3.8, 4) is 0 Å². The molecule has 0 aromatic heterocycles. The molecule has 0 bridgehead atoms. The van der Waals surface area contributed by atoms with E-state index in [9.17, 15) is 9.90 Å². The van der Waals surface area contributed by atoms with Crippen molar-refractivity contribution < 1.29 is 14.6 Å². The van der Waals surface area contributed by atoms with E-state index in [1.165, 1.54) is 0 Å². The first-order chi connectivity index (χ1) is 10.7. The van der Waals surface area contributed by atoms with Gasteiger partial charge in [-0.1, -0.05) is 24.3 Å². The summed E-state index contributed by atoms with van der Waals surface area (Å²) in [4.78, 5) is 12.0. The molecule has 1 aromatic carbocycles. The first kappa shape index (κ1) is 16.8. The number of amides is 2. The third-order valence-corrected chi connectivity index (χ3v) is 4.05. The van der Waals surface area contributed by atoms with Gasteiger partial charge in [0.15, 0.2) is 0 Å². The van der Waals surface area contributed by atoms with Crippen LogP contribution in [0.25, 0.3) is 0 Å². The maximum atomic E-state index is 12.0. The number of rotatable bonds is 6. The number of nitrogens with one attached hydrogen (secondary N) is 2. The first-order valence-corrected chi connectivity index (χ1v) is 8.06. The van der Waals surface area contributed by atoms with Gasteiger partial charge in [0, 0.05) is 19.2 Å².